The molecule has 2 unspecified atom stereocenters. The number of rotatable bonds is 4. The number of piperidine rings is 1. The van der Waals surface area contributed by atoms with Crippen molar-refractivity contribution >= 4 is 46.3 Å². The van der Waals surface area contributed by atoms with Gasteiger partial charge in [-0.1, -0.05) is 37.6 Å². The quantitative estimate of drug-likeness (QED) is 0.692. The maximum atomic E-state index is 13.7. The van der Waals surface area contributed by atoms with Crippen molar-refractivity contribution in [3.05, 3.63) is 64.8 Å². The Labute approximate surface area is 192 Å². The molecular weight excluding hydrogens is 426 g/mol. The van der Waals surface area contributed by atoms with E-state index in [9.17, 15) is 14.4 Å². The minimum absolute atomic E-state index is 0.187. The summed E-state index contributed by atoms with van der Waals surface area (Å²) in [6, 6.07) is 13.7. The Balaban J connectivity index is 1.76. The Bertz CT molecular complexity index is 1080. The van der Waals surface area contributed by atoms with Crippen LogP contribution in [0, 0.1) is 11.8 Å². The summed E-state index contributed by atoms with van der Waals surface area (Å²) in [4.78, 5) is 41.8. The number of hydrogen-bond donors (Lipinski definition) is 1. The number of carbonyl (C=O) groups excluding carboxylic acids is 3. The van der Waals surface area contributed by atoms with Crippen molar-refractivity contribution in [2.24, 2.45) is 11.8 Å². The van der Waals surface area contributed by atoms with E-state index in [1.165, 1.54) is 11.8 Å². The number of anilines is 2. The van der Waals surface area contributed by atoms with Gasteiger partial charge in [-0.05, 0) is 60.2 Å². The Hall–Kier alpha value is -3.12. The van der Waals surface area contributed by atoms with Crippen molar-refractivity contribution < 1.29 is 14.4 Å². The van der Waals surface area contributed by atoms with E-state index in [1.807, 2.05) is 0 Å². The summed E-state index contributed by atoms with van der Waals surface area (Å²) in [6.45, 7) is 7.22. The second kappa shape index (κ2) is 8.79. The monoisotopic (exact) mass is 451 g/mol. The molecule has 166 valence electrons. The van der Waals surface area contributed by atoms with Crippen LogP contribution >= 0.6 is 11.6 Å². The summed E-state index contributed by atoms with van der Waals surface area (Å²) in [7, 11) is 0. The van der Waals surface area contributed by atoms with Crippen LogP contribution in [0.2, 0.25) is 5.02 Å². The van der Waals surface area contributed by atoms with Crippen LogP contribution in [0.4, 0.5) is 11.4 Å². The molecule has 2 atom stereocenters. The third-order valence-corrected chi connectivity index (χ3v) is 6.08. The van der Waals surface area contributed by atoms with Crippen LogP contribution in [0.3, 0.4) is 0 Å². The van der Waals surface area contributed by atoms with Gasteiger partial charge in [0.25, 0.3) is 11.8 Å². The van der Waals surface area contributed by atoms with E-state index in [0.717, 1.165) is 19.5 Å². The van der Waals surface area contributed by atoms with Gasteiger partial charge in [0, 0.05) is 30.7 Å². The second-order valence-electron chi connectivity index (χ2n) is 8.76. The number of imide groups is 1. The first-order valence-corrected chi connectivity index (χ1v) is 11.1. The molecule has 2 heterocycles. The second-order valence-corrected chi connectivity index (χ2v) is 9.19. The van der Waals surface area contributed by atoms with E-state index in [2.05, 4.69) is 24.1 Å². The molecule has 0 aromatic heterocycles. The van der Waals surface area contributed by atoms with Crippen LogP contribution in [0.1, 0.15) is 32.8 Å². The number of carbonyl (C=O) groups is 3. The molecule has 2 aliphatic rings. The van der Waals surface area contributed by atoms with Gasteiger partial charge in [-0.2, -0.15) is 0 Å². The van der Waals surface area contributed by atoms with Crippen molar-refractivity contribution in [3.8, 4) is 0 Å². The van der Waals surface area contributed by atoms with Crippen molar-refractivity contribution in [3.63, 3.8) is 0 Å². The Morgan fingerprint density at radius 3 is 2.09 bits per heavy atom. The molecule has 0 aliphatic carbocycles. The third kappa shape index (κ3) is 4.28. The molecule has 2 aromatic rings. The number of halogens is 1. The number of nitrogens with one attached hydrogen (secondary N) is 1. The minimum atomic E-state index is -0.356. The molecule has 1 saturated heterocycles. The average Bonchev–Trinajstić information content (AvgIpc) is 2.98. The van der Waals surface area contributed by atoms with E-state index in [-0.39, 0.29) is 17.7 Å². The fourth-order valence-electron chi connectivity index (χ4n) is 4.67. The summed E-state index contributed by atoms with van der Waals surface area (Å²) in [5, 5.41) is 3.26. The lowest BCUT2D eigenvalue weighted by molar-refractivity contribution is -0.121. The Morgan fingerprint density at radius 2 is 1.53 bits per heavy atom. The zero-order valence-electron chi connectivity index (χ0n) is 18.4. The lowest BCUT2D eigenvalue weighted by Gasteiger charge is -2.37. The van der Waals surface area contributed by atoms with Crippen molar-refractivity contribution in [1.82, 2.24) is 4.90 Å². The Morgan fingerprint density at radius 1 is 0.938 bits per heavy atom. The molecule has 0 bridgehead atoms. The van der Waals surface area contributed by atoms with Gasteiger partial charge in [0.2, 0.25) is 5.91 Å². The summed E-state index contributed by atoms with van der Waals surface area (Å²) in [5.41, 5.74) is 2.59. The van der Waals surface area contributed by atoms with Crippen LogP contribution in [-0.4, -0.2) is 35.7 Å². The summed E-state index contributed by atoms with van der Waals surface area (Å²) in [5.74, 6) is -0.0226. The number of likely N-dealkylation sites (tertiary alicyclic amines) is 1. The molecule has 7 heteroatoms. The molecule has 3 amide bonds. The van der Waals surface area contributed by atoms with Gasteiger partial charge in [0.15, 0.2) is 0 Å². The number of amides is 3. The zero-order valence-corrected chi connectivity index (χ0v) is 19.1. The number of hydrogen-bond acceptors (Lipinski definition) is 4. The van der Waals surface area contributed by atoms with Gasteiger partial charge >= 0.3 is 0 Å². The zero-order chi connectivity index (χ0) is 23.0. The van der Waals surface area contributed by atoms with E-state index in [0.29, 0.717) is 45.1 Å². The highest BCUT2D eigenvalue weighted by molar-refractivity contribution is 6.45. The van der Waals surface area contributed by atoms with E-state index in [4.69, 9.17) is 11.6 Å². The highest BCUT2D eigenvalue weighted by atomic mass is 35.5. The molecule has 32 heavy (non-hydrogen) atoms. The molecule has 6 nitrogen and oxygen atoms in total. The predicted molar refractivity (Wildman–Crippen MR) is 126 cm³/mol. The third-order valence-electron chi connectivity index (χ3n) is 5.82. The number of benzene rings is 2. The van der Waals surface area contributed by atoms with E-state index >= 15 is 0 Å². The lowest BCUT2D eigenvalue weighted by Crippen LogP contribution is -2.42. The van der Waals surface area contributed by atoms with Crippen LogP contribution in [0.25, 0.3) is 5.57 Å². The van der Waals surface area contributed by atoms with Gasteiger partial charge in [-0.25, -0.2) is 4.90 Å². The first-order valence-electron chi connectivity index (χ1n) is 10.8. The van der Waals surface area contributed by atoms with Gasteiger partial charge in [-0.15, -0.1) is 0 Å². The first-order chi connectivity index (χ1) is 15.2. The molecule has 0 radical (unpaired) electrons. The molecular formula is C25H26ClN3O3. The first kappa shape index (κ1) is 22.1. The average molecular weight is 452 g/mol. The maximum absolute atomic E-state index is 13.7. The topological polar surface area (TPSA) is 69.7 Å². The smallest absolute Gasteiger partial charge is 0.282 e. The van der Waals surface area contributed by atoms with Crippen molar-refractivity contribution in [2.45, 2.75) is 27.2 Å². The van der Waals surface area contributed by atoms with Gasteiger partial charge in [0.1, 0.15) is 5.70 Å². The molecule has 0 spiro atoms. The highest BCUT2D eigenvalue weighted by Gasteiger charge is 2.43. The minimum Gasteiger partial charge on any atom is -0.366 e. The largest absolute Gasteiger partial charge is 0.366 e. The van der Waals surface area contributed by atoms with Crippen LogP contribution in [-0.2, 0) is 14.4 Å². The molecule has 4 rings (SSSR count). The molecule has 1 fully saturated rings. The van der Waals surface area contributed by atoms with Crippen LogP contribution in [0.5, 0.6) is 0 Å². The highest BCUT2D eigenvalue weighted by Crippen LogP contribution is 2.37. The van der Waals surface area contributed by atoms with Crippen LogP contribution < -0.4 is 10.2 Å². The van der Waals surface area contributed by atoms with Crippen LogP contribution in [0.15, 0.2) is 54.2 Å². The van der Waals surface area contributed by atoms with E-state index in [1.54, 1.807) is 48.5 Å². The predicted octanol–water partition coefficient (Wildman–Crippen LogP) is 4.56. The Kier molecular flexibility index (Phi) is 6.07. The van der Waals surface area contributed by atoms with Gasteiger partial charge in [0.05, 0.1) is 11.3 Å². The summed E-state index contributed by atoms with van der Waals surface area (Å²) < 4.78 is 0. The summed E-state index contributed by atoms with van der Waals surface area (Å²) >= 11 is 6.06. The molecule has 2 aromatic carbocycles. The number of nitrogens with zero attached hydrogens (tertiary/aromatic N) is 2. The SMILES string of the molecule is CC(=O)Nc1ccc(N2C(=O)C(c3ccc(Cl)cc3)=C(N3CC(C)CC(C)C3)C2=O)cc1. The maximum Gasteiger partial charge on any atom is 0.282 e. The van der Waals surface area contributed by atoms with Crippen molar-refractivity contribution in [1.29, 1.82) is 0 Å². The summed E-state index contributed by atoms with van der Waals surface area (Å²) in [6.07, 6.45) is 1.09. The fourth-order valence-corrected chi connectivity index (χ4v) is 4.79. The lowest BCUT2D eigenvalue weighted by atomic mass is 9.91. The van der Waals surface area contributed by atoms with Crippen molar-refractivity contribution in [2.75, 3.05) is 23.3 Å². The van der Waals surface area contributed by atoms with E-state index < -0.39 is 0 Å². The molecule has 2 aliphatic heterocycles. The normalized spacial score (nSPS) is 21.4. The fraction of sp³-hybridized carbons (Fsp3) is 0.320. The van der Waals surface area contributed by atoms with Gasteiger partial charge < -0.3 is 10.2 Å². The molecule has 1 N–H and O–H groups in total. The van der Waals surface area contributed by atoms with Gasteiger partial charge in [-0.3, -0.25) is 14.4 Å². The standard InChI is InChI=1S/C25H26ClN3O3/c1-15-12-16(2)14-28(13-15)23-22(18-4-6-19(26)7-5-18)24(31)29(25(23)32)21-10-8-20(9-11-21)27-17(3)30/h4-11,15-16H,12-14H2,1-3H3,(H,27,30). The molecule has 0 saturated carbocycles.